The molecular weight excluding hydrogens is 404 g/mol. The van der Waals surface area contributed by atoms with Crippen molar-refractivity contribution in [3.8, 4) is 11.3 Å². The van der Waals surface area contributed by atoms with Gasteiger partial charge in [0.15, 0.2) is 0 Å². The number of imide groups is 1. The average molecular weight is 420 g/mol. The van der Waals surface area contributed by atoms with Crippen LogP contribution in [0.15, 0.2) is 70.0 Å². The van der Waals surface area contributed by atoms with Gasteiger partial charge in [0.2, 0.25) is 0 Å². The van der Waals surface area contributed by atoms with Crippen LogP contribution in [0, 0.1) is 17.0 Å². The maximum absolute atomic E-state index is 12.7. The van der Waals surface area contributed by atoms with Crippen LogP contribution in [0.3, 0.4) is 0 Å². The van der Waals surface area contributed by atoms with E-state index >= 15 is 0 Å². The lowest BCUT2D eigenvalue weighted by Gasteiger charge is -2.11. The van der Waals surface area contributed by atoms with Gasteiger partial charge in [-0.25, -0.2) is 0 Å². The SMILES string of the molecule is Cc1cc(-c2ccc(/C=C3\SC(=O)N(Cc4ccccc4)C3=O)o2)ccc1[N+](=O)[O-]. The quantitative estimate of drug-likeness (QED) is 0.312. The van der Waals surface area contributed by atoms with Gasteiger partial charge in [0, 0.05) is 23.3 Å². The Kier molecular flexibility index (Phi) is 5.24. The molecule has 2 amide bonds. The second-order valence-electron chi connectivity index (χ2n) is 6.71. The fourth-order valence-corrected chi connectivity index (χ4v) is 3.95. The smallest absolute Gasteiger partial charge is 0.293 e. The molecular formula is C22H16N2O5S. The van der Waals surface area contributed by atoms with Crippen molar-refractivity contribution < 1.29 is 18.9 Å². The number of benzene rings is 2. The van der Waals surface area contributed by atoms with Gasteiger partial charge < -0.3 is 4.42 Å². The summed E-state index contributed by atoms with van der Waals surface area (Å²) in [7, 11) is 0. The average Bonchev–Trinajstić information content (AvgIpc) is 3.29. The Morgan fingerprint density at radius 1 is 1.10 bits per heavy atom. The molecule has 8 heteroatoms. The third kappa shape index (κ3) is 3.90. The molecule has 0 bridgehead atoms. The minimum absolute atomic E-state index is 0.0395. The number of furan rings is 1. The van der Waals surface area contributed by atoms with E-state index in [2.05, 4.69) is 0 Å². The van der Waals surface area contributed by atoms with Crippen molar-refractivity contribution in [1.29, 1.82) is 0 Å². The predicted molar refractivity (Wildman–Crippen MR) is 113 cm³/mol. The molecule has 2 heterocycles. The summed E-state index contributed by atoms with van der Waals surface area (Å²) in [5.74, 6) is 0.576. The molecule has 150 valence electrons. The molecule has 0 saturated carbocycles. The molecule has 1 aromatic heterocycles. The van der Waals surface area contributed by atoms with Crippen molar-refractivity contribution in [1.82, 2.24) is 4.90 Å². The van der Waals surface area contributed by atoms with E-state index < -0.39 is 4.92 Å². The van der Waals surface area contributed by atoms with Gasteiger partial charge in [-0.05, 0) is 48.5 Å². The highest BCUT2D eigenvalue weighted by atomic mass is 32.2. The second kappa shape index (κ2) is 8.00. The minimum Gasteiger partial charge on any atom is -0.457 e. The lowest BCUT2D eigenvalue weighted by molar-refractivity contribution is -0.385. The van der Waals surface area contributed by atoms with Gasteiger partial charge in [-0.3, -0.25) is 24.6 Å². The number of thioether (sulfide) groups is 1. The van der Waals surface area contributed by atoms with Crippen LogP contribution in [0.25, 0.3) is 17.4 Å². The van der Waals surface area contributed by atoms with E-state index in [4.69, 9.17) is 4.42 Å². The summed E-state index contributed by atoms with van der Waals surface area (Å²) in [6.45, 7) is 1.88. The number of aryl methyl sites for hydroxylation is 1. The molecule has 1 saturated heterocycles. The van der Waals surface area contributed by atoms with Crippen LogP contribution < -0.4 is 0 Å². The Bertz CT molecular complexity index is 1180. The van der Waals surface area contributed by atoms with E-state index in [0.29, 0.717) is 22.6 Å². The number of hydrogen-bond acceptors (Lipinski definition) is 6. The van der Waals surface area contributed by atoms with Crippen molar-refractivity contribution in [3.63, 3.8) is 0 Å². The predicted octanol–water partition coefficient (Wildman–Crippen LogP) is 5.40. The fourth-order valence-electron chi connectivity index (χ4n) is 3.13. The monoisotopic (exact) mass is 420 g/mol. The van der Waals surface area contributed by atoms with Gasteiger partial charge >= 0.3 is 0 Å². The highest BCUT2D eigenvalue weighted by molar-refractivity contribution is 8.18. The molecule has 3 aromatic rings. The fraction of sp³-hybridized carbons (Fsp3) is 0.0909. The van der Waals surface area contributed by atoms with E-state index in [1.54, 1.807) is 31.2 Å². The summed E-state index contributed by atoms with van der Waals surface area (Å²) >= 11 is 0.872. The Balaban J connectivity index is 1.54. The minimum atomic E-state index is -0.432. The number of nitrogens with zero attached hydrogens (tertiary/aromatic N) is 2. The maximum atomic E-state index is 12.7. The summed E-state index contributed by atoms with van der Waals surface area (Å²) in [5.41, 5.74) is 2.12. The molecule has 0 aliphatic carbocycles. The van der Waals surface area contributed by atoms with E-state index in [1.165, 1.54) is 17.0 Å². The highest BCUT2D eigenvalue weighted by Crippen LogP contribution is 2.34. The molecule has 0 atom stereocenters. The van der Waals surface area contributed by atoms with Crippen LogP contribution in [0.2, 0.25) is 0 Å². The van der Waals surface area contributed by atoms with Gasteiger partial charge in [-0.15, -0.1) is 0 Å². The third-order valence-corrected chi connectivity index (χ3v) is 5.54. The lowest BCUT2D eigenvalue weighted by atomic mass is 10.1. The van der Waals surface area contributed by atoms with E-state index in [1.807, 2.05) is 30.3 Å². The normalized spacial score (nSPS) is 15.2. The van der Waals surface area contributed by atoms with Gasteiger partial charge in [0.1, 0.15) is 11.5 Å². The Morgan fingerprint density at radius 3 is 2.57 bits per heavy atom. The van der Waals surface area contributed by atoms with Crippen molar-refractivity contribution in [2.45, 2.75) is 13.5 Å². The zero-order chi connectivity index (χ0) is 21.3. The zero-order valence-electron chi connectivity index (χ0n) is 15.9. The highest BCUT2D eigenvalue weighted by Gasteiger charge is 2.35. The molecule has 0 unspecified atom stereocenters. The van der Waals surface area contributed by atoms with E-state index in [0.717, 1.165) is 17.3 Å². The molecule has 7 nitrogen and oxygen atoms in total. The first-order chi connectivity index (χ1) is 14.4. The molecule has 30 heavy (non-hydrogen) atoms. The molecule has 0 N–H and O–H groups in total. The van der Waals surface area contributed by atoms with Gasteiger partial charge in [0.05, 0.1) is 16.4 Å². The standard InChI is InChI=1S/C22H16N2O5S/c1-14-11-16(7-9-18(14)24(27)28)19-10-8-17(29-19)12-20-21(25)23(22(26)30-20)13-15-5-3-2-4-6-15/h2-12H,13H2,1H3/b20-12-. The number of nitro benzene ring substituents is 1. The van der Waals surface area contributed by atoms with Crippen LogP contribution in [-0.2, 0) is 11.3 Å². The Morgan fingerprint density at radius 2 is 1.87 bits per heavy atom. The molecule has 4 rings (SSSR count). The van der Waals surface area contributed by atoms with E-state index in [-0.39, 0.29) is 28.3 Å². The third-order valence-electron chi connectivity index (χ3n) is 4.64. The summed E-state index contributed by atoms with van der Waals surface area (Å²) in [5, 5.41) is 10.6. The molecule has 1 aliphatic heterocycles. The summed E-state index contributed by atoms with van der Waals surface area (Å²) < 4.78 is 5.78. The van der Waals surface area contributed by atoms with Crippen LogP contribution in [-0.4, -0.2) is 21.0 Å². The van der Waals surface area contributed by atoms with Gasteiger partial charge in [-0.2, -0.15) is 0 Å². The van der Waals surface area contributed by atoms with Crippen LogP contribution in [0.5, 0.6) is 0 Å². The number of carbonyl (C=O) groups is 2. The number of carbonyl (C=O) groups excluding carboxylic acids is 2. The van der Waals surface area contributed by atoms with Crippen LogP contribution >= 0.6 is 11.8 Å². The first-order valence-electron chi connectivity index (χ1n) is 9.07. The van der Waals surface area contributed by atoms with E-state index in [9.17, 15) is 19.7 Å². The van der Waals surface area contributed by atoms with Crippen molar-refractivity contribution in [2.24, 2.45) is 0 Å². The van der Waals surface area contributed by atoms with Crippen molar-refractivity contribution >= 4 is 34.7 Å². The molecule has 2 aromatic carbocycles. The first-order valence-corrected chi connectivity index (χ1v) is 9.88. The van der Waals surface area contributed by atoms with Crippen LogP contribution in [0.4, 0.5) is 10.5 Å². The lowest BCUT2D eigenvalue weighted by Crippen LogP contribution is -2.27. The second-order valence-corrected chi connectivity index (χ2v) is 7.71. The number of amides is 2. The summed E-state index contributed by atoms with van der Waals surface area (Å²) in [6, 6.07) is 17.4. The molecule has 0 radical (unpaired) electrons. The number of rotatable bonds is 5. The van der Waals surface area contributed by atoms with Crippen molar-refractivity contribution in [3.05, 3.63) is 92.6 Å². The topological polar surface area (TPSA) is 93.7 Å². The first kappa shape index (κ1) is 19.7. The van der Waals surface area contributed by atoms with Gasteiger partial charge in [-0.1, -0.05) is 30.3 Å². The Hall–Kier alpha value is -3.65. The zero-order valence-corrected chi connectivity index (χ0v) is 16.7. The van der Waals surface area contributed by atoms with Crippen molar-refractivity contribution in [2.75, 3.05) is 0 Å². The van der Waals surface area contributed by atoms with Crippen LogP contribution in [0.1, 0.15) is 16.9 Å². The molecule has 0 spiro atoms. The molecule has 1 aliphatic rings. The number of hydrogen-bond donors (Lipinski definition) is 0. The Labute approximate surface area is 176 Å². The summed E-state index contributed by atoms with van der Waals surface area (Å²) in [4.78, 5) is 37.0. The largest absolute Gasteiger partial charge is 0.457 e. The number of nitro groups is 1. The van der Waals surface area contributed by atoms with Gasteiger partial charge in [0.25, 0.3) is 16.8 Å². The summed E-state index contributed by atoms with van der Waals surface area (Å²) in [6.07, 6.45) is 1.54. The molecule has 1 fully saturated rings. The maximum Gasteiger partial charge on any atom is 0.293 e.